The SMILES string of the molecule is CCn1nccc1NC(=O)OC(C)(C)C. The van der Waals surface area contributed by atoms with E-state index in [1.54, 1.807) is 16.9 Å². The molecule has 1 aromatic rings. The molecule has 0 aliphatic heterocycles. The molecule has 0 aromatic carbocycles. The van der Waals surface area contributed by atoms with Gasteiger partial charge in [0.2, 0.25) is 0 Å². The molecule has 0 saturated carbocycles. The molecule has 1 N–H and O–H groups in total. The Balaban J connectivity index is 2.59. The molecule has 0 radical (unpaired) electrons. The van der Waals surface area contributed by atoms with Crippen molar-refractivity contribution in [3.63, 3.8) is 0 Å². The maximum Gasteiger partial charge on any atom is 0.413 e. The molecule has 0 unspecified atom stereocenters. The third kappa shape index (κ3) is 3.61. The van der Waals surface area contributed by atoms with E-state index in [4.69, 9.17) is 4.74 Å². The largest absolute Gasteiger partial charge is 0.444 e. The Morgan fingerprint density at radius 2 is 2.27 bits per heavy atom. The summed E-state index contributed by atoms with van der Waals surface area (Å²) in [5.41, 5.74) is -0.485. The van der Waals surface area contributed by atoms with Crippen LogP contribution in [0.15, 0.2) is 12.3 Å². The number of hydrogen-bond acceptors (Lipinski definition) is 3. The summed E-state index contributed by atoms with van der Waals surface area (Å²) in [5.74, 6) is 0.645. The van der Waals surface area contributed by atoms with Crippen molar-refractivity contribution in [3.8, 4) is 0 Å². The van der Waals surface area contributed by atoms with Gasteiger partial charge in [-0.05, 0) is 27.7 Å². The van der Waals surface area contributed by atoms with Crippen LogP contribution >= 0.6 is 0 Å². The number of aryl methyl sites for hydroxylation is 1. The predicted molar refractivity (Wildman–Crippen MR) is 57.8 cm³/mol. The molecule has 0 saturated heterocycles. The molecule has 84 valence electrons. The Morgan fingerprint density at radius 3 is 2.80 bits per heavy atom. The zero-order valence-electron chi connectivity index (χ0n) is 9.57. The smallest absolute Gasteiger partial charge is 0.413 e. The lowest BCUT2D eigenvalue weighted by Crippen LogP contribution is -2.28. The summed E-state index contributed by atoms with van der Waals surface area (Å²) in [5, 5.41) is 6.67. The lowest BCUT2D eigenvalue weighted by atomic mass is 10.2. The van der Waals surface area contributed by atoms with Crippen LogP contribution in [0.3, 0.4) is 0 Å². The van der Waals surface area contributed by atoms with Gasteiger partial charge in [0.15, 0.2) is 0 Å². The van der Waals surface area contributed by atoms with Gasteiger partial charge in [0, 0.05) is 12.6 Å². The van der Waals surface area contributed by atoms with Gasteiger partial charge in [0.25, 0.3) is 0 Å². The lowest BCUT2D eigenvalue weighted by molar-refractivity contribution is 0.0634. The second-order valence-electron chi connectivity index (χ2n) is 4.16. The molecule has 1 aromatic heterocycles. The Morgan fingerprint density at radius 1 is 1.60 bits per heavy atom. The minimum absolute atomic E-state index is 0.460. The van der Waals surface area contributed by atoms with Crippen LogP contribution in [0.1, 0.15) is 27.7 Å². The molecular weight excluding hydrogens is 194 g/mol. The Bertz CT molecular complexity index is 339. The van der Waals surface area contributed by atoms with E-state index in [-0.39, 0.29) is 0 Å². The van der Waals surface area contributed by atoms with Crippen molar-refractivity contribution >= 4 is 11.9 Å². The first-order chi connectivity index (χ1) is 6.92. The van der Waals surface area contributed by atoms with Gasteiger partial charge in [-0.3, -0.25) is 5.32 Å². The van der Waals surface area contributed by atoms with Crippen molar-refractivity contribution in [2.75, 3.05) is 5.32 Å². The fourth-order valence-corrected chi connectivity index (χ4v) is 1.10. The molecule has 1 heterocycles. The number of aromatic nitrogens is 2. The van der Waals surface area contributed by atoms with Crippen LogP contribution in [0, 0.1) is 0 Å². The minimum atomic E-state index is -0.485. The van der Waals surface area contributed by atoms with E-state index in [9.17, 15) is 4.79 Å². The Labute approximate surface area is 89.4 Å². The van der Waals surface area contributed by atoms with Gasteiger partial charge >= 0.3 is 6.09 Å². The Kier molecular flexibility index (Phi) is 3.34. The summed E-state index contributed by atoms with van der Waals surface area (Å²) < 4.78 is 6.80. The van der Waals surface area contributed by atoms with Crippen molar-refractivity contribution in [1.82, 2.24) is 9.78 Å². The molecule has 0 fully saturated rings. The number of nitrogens with zero attached hydrogens (tertiary/aromatic N) is 2. The molecule has 0 spiro atoms. The van der Waals surface area contributed by atoms with E-state index in [0.717, 1.165) is 0 Å². The van der Waals surface area contributed by atoms with Crippen LogP contribution in [-0.2, 0) is 11.3 Å². The second-order valence-corrected chi connectivity index (χ2v) is 4.16. The van der Waals surface area contributed by atoms with Crippen molar-refractivity contribution in [2.45, 2.75) is 39.8 Å². The standard InChI is InChI=1S/C10H17N3O2/c1-5-13-8(6-7-11-13)12-9(14)15-10(2,3)4/h6-7H,5H2,1-4H3,(H,12,14). The number of amides is 1. The molecule has 0 aliphatic rings. The molecule has 0 atom stereocenters. The van der Waals surface area contributed by atoms with Crippen molar-refractivity contribution in [1.29, 1.82) is 0 Å². The van der Waals surface area contributed by atoms with Crippen LogP contribution < -0.4 is 5.32 Å². The summed E-state index contributed by atoms with van der Waals surface area (Å²) >= 11 is 0. The van der Waals surface area contributed by atoms with Crippen LogP contribution in [0.4, 0.5) is 10.6 Å². The monoisotopic (exact) mass is 211 g/mol. The third-order valence-electron chi connectivity index (χ3n) is 1.65. The van der Waals surface area contributed by atoms with E-state index in [2.05, 4.69) is 10.4 Å². The first-order valence-electron chi connectivity index (χ1n) is 4.94. The number of ether oxygens (including phenoxy) is 1. The quantitative estimate of drug-likeness (QED) is 0.816. The zero-order chi connectivity index (χ0) is 11.5. The van der Waals surface area contributed by atoms with Gasteiger partial charge in [-0.15, -0.1) is 0 Å². The number of carbonyl (C=O) groups is 1. The summed E-state index contributed by atoms with van der Waals surface area (Å²) in [7, 11) is 0. The van der Waals surface area contributed by atoms with Crippen molar-refractivity contribution in [2.24, 2.45) is 0 Å². The van der Waals surface area contributed by atoms with Crippen molar-refractivity contribution < 1.29 is 9.53 Å². The molecule has 5 heteroatoms. The summed E-state index contributed by atoms with van der Waals surface area (Å²) in [6.45, 7) is 8.13. The van der Waals surface area contributed by atoms with Gasteiger partial charge in [0.1, 0.15) is 11.4 Å². The second kappa shape index (κ2) is 4.33. The maximum absolute atomic E-state index is 11.4. The first-order valence-corrected chi connectivity index (χ1v) is 4.94. The van der Waals surface area contributed by atoms with E-state index in [0.29, 0.717) is 12.4 Å². The molecule has 0 aliphatic carbocycles. The first kappa shape index (κ1) is 11.6. The summed E-state index contributed by atoms with van der Waals surface area (Å²) in [6, 6.07) is 1.73. The number of anilines is 1. The number of hydrogen-bond donors (Lipinski definition) is 1. The van der Waals surface area contributed by atoms with Gasteiger partial charge in [-0.1, -0.05) is 0 Å². The van der Waals surface area contributed by atoms with E-state index < -0.39 is 11.7 Å². The third-order valence-corrected chi connectivity index (χ3v) is 1.65. The van der Waals surface area contributed by atoms with Gasteiger partial charge < -0.3 is 4.74 Å². The van der Waals surface area contributed by atoms with E-state index in [1.165, 1.54) is 0 Å². The Hall–Kier alpha value is -1.52. The lowest BCUT2D eigenvalue weighted by Gasteiger charge is -2.19. The molecule has 1 amide bonds. The van der Waals surface area contributed by atoms with Crippen molar-refractivity contribution in [3.05, 3.63) is 12.3 Å². The summed E-state index contributed by atoms with van der Waals surface area (Å²) in [4.78, 5) is 11.4. The zero-order valence-corrected chi connectivity index (χ0v) is 9.57. The highest BCUT2D eigenvalue weighted by Gasteiger charge is 2.17. The van der Waals surface area contributed by atoms with Gasteiger partial charge in [0.05, 0.1) is 6.20 Å². The maximum atomic E-state index is 11.4. The van der Waals surface area contributed by atoms with Crippen LogP contribution in [-0.4, -0.2) is 21.5 Å². The normalized spacial score (nSPS) is 11.2. The highest BCUT2D eigenvalue weighted by Crippen LogP contribution is 2.11. The minimum Gasteiger partial charge on any atom is -0.444 e. The highest BCUT2D eigenvalue weighted by atomic mass is 16.6. The predicted octanol–water partition coefficient (Wildman–Crippen LogP) is 2.25. The number of nitrogens with one attached hydrogen (secondary N) is 1. The fraction of sp³-hybridized carbons (Fsp3) is 0.600. The molecule has 1 rings (SSSR count). The highest BCUT2D eigenvalue weighted by molar-refractivity contribution is 5.83. The molecule has 0 bridgehead atoms. The number of carbonyl (C=O) groups excluding carboxylic acids is 1. The summed E-state index contributed by atoms with van der Waals surface area (Å²) in [6.07, 6.45) is 1.17. The fourth-order valence-electron chi connectivity index (χ4n) is 1.10. The van der Waals surface area contributed by atoms with E-state index >= 15 is 0 Å². The molecule has 15 heavy (non-hydrogen) atoms. The topological polar surface area (TPSA) is 56.2 Å². The van der Waals surface area contributed by atoms with E-state index in [1.807, 2.05) is 27.7 Å². The van der Waals surface area contributed by atoms with Gasteiger partial charge in [-0.2, -0.15) is 5.10 Å². The van der Waals surface area contributed by atoms with Crippen LogP contribution in [0.2, 0.25) is 0 Å². The number of rotatable bonds is 2. The molecule has 5 nitrogen and oxygen atoms in total. The average molecular weight is 211 g/mol. The van der Waals surface area contributed by atoms with Gasteiger partial charge in [-0.25, -0.2) is 9.48 Å². The van der Waals surface area contributed by atoms with Crippen LogP contribution in [0.25, 0.3) is 0 Å². The van der Waals surface area contributed by atoms with Crippen LogP contribution in [0.5, 0.6) is 0 Å². The molecular formula is C10H17N3O2. The average Bonchev–Trinajstić information content (AvgIpc) is 2.48.